The van der Waals surface area contributed by atoms with E-state index in [9.17, 15) is 8.42 Å². The zero-order chi connectivity index (χ0) is 14.9. The van der Waals surface area contributed by atoms with Crippen molar-refractivity contribution in [2.45, 2.75) is 4.90 Å². The summed E-state index contributed by atoms with van der Waals surface area (Å²) in [7, 11) is -3.75. The first-order valence-electron chi connectivity index (χ1n) is 5.22. The molecule has 0 saturated heterocycles. The van der Waals surface area contributed by atoms with Crippen molar-refractivity contribution in [1.82, 2.24) is 0 Å². The van der Waals surface area contributed by atoms with Crippen LogP contribution in [0.15, 0.2) is 50.2 Å². The highest BCUT2D eigenvalue weighted by Gasteiger charge is 2.12. The molecule has 20 heavy (non-hydrogen) atoms. The van der Waals surface area contributed by atoms with Gasteiger partial charge in [-0.05, 0) is 52.3 Å². The number of hydrogen-bond acceptors (Lipinski definition) is 3. The van der Waals surface area contributed by atoms with Gasteiger partial charge in [-0.15, -0.1) is 0 Å². The lowest BCUT2D eigenvalue weighted by Crippen LogP contribution is -2.11. The summed E-state index contributed by atoms with van der Waals surface area (Å²) >= 11 is 12.6. The van der Waals surface area contributed by atoms with Gasteiger partial charge in [0, 0.05) is 4.47 Å². The molecule has 106 valence electrons. The van der Waals surface area contributed by atoms with Crippen LogP contribution in [0.3, 0.4) is 0 Å². The van der Waals surface area contributed by atoms with E-state index in [2.05, 4.69) is 31.9 Å². The van der Waals surface area contributed by atoms with E-state index < -0.39 is 10.0 Å². The highest BCUT2D eigenvalue weighted by molar-refractivity contribution is 9.10. The second kappa shape index (κ2) is 6.03. The Kier molecular flexibility index (Phi) is 4.76. The van der Waals surface area contributed by atoms with Gasteiger partial charge < -0.3 is 4.74 Å². The maximum Gasteiger partial charge on any atom is 0.238 e. The summed E-state index contributed by atoms with van der Waals surface area (Å²) in [5.74, 6) is 0.877. The molecule has 0 aliphatic carbocycles. The second-order valence-corrected chi connectivity index (χ2v) is 7.55. The molecule has 0 aliphatic heterocycles. The fourth-order valence-corrected chi connectivity index (χ4v) is 3.06. The van der Waals surface area contributed by atoms with E-state index in [0.29, 0.717) is 21.0 Å². The van der Waals surface area contributed by atoms with Crippen LogP contribution < -0.4 is 9.88 Å². The number of ether oxygens (including phenoxy) is 1. The average molecular weight is 442 g/mol. The Bertz CT molecular complexity index is 765. The van der Waals surface area contributed by atoms with Crippen LogP contribution in [-0.2, 0) is 10.0 Å². The normalized spacial score (nSPS) is 11.4. The van der Waals surface area contributed by atoms with Gasteiger partial charge in [0.1, 0.15) is 11.5 Å². The molecular formula is C12H8Br2ClNO3S. The summed E-state index contributed by atoms with van der Waals surface area (Å²) in [5.41, 5.74) is 0. The smallest absolute Gasteiger partial charge is 0.238 e. The third kappa shape index (κ3) is 3.73. The monoisotopic (exact) mass is 439 g/mol. The first-order chi connectivity index (χ1) is 9.27. The Morgan fingerprint density at radius 2 is 1.75 bits per heavy atom. The molecule has 0 radical (unpaired) electrons. The van der Waals surface area contributed by atoms with Crippen molar-refractivity contribution >= 4 is 53.5 Å². The quantitative estimate of drug-likeness (QED) is 0.772. The minimum Gasteiger partial charge on any atom is -0.455 e. The van der Waals surface area contributed by atoms with Crippen LogP contribution in [0.2, 0.25) is 5.02 Å². The topological polar surface area (TPSA) is 69.4 Å². The highest BCUT2D eigenvalue weighted by atomic mass is 79.9. The van der Waals surface area contributed by atoms with Crippen LogP contribution in [0, 0.1) is 0 Å². The van der Waals surface area contributed by atoms with Crippen LogP contribution >= 0.6 is 43.5 Å². The SMILES string of the molecule is NS(=O)(=O)c1ccc(Oc2cc(Br)ccc2Cl)c(Br)c1. The van der Waals surface area contributed by atoms with E-state index in [4.69, 9.17) is 21.5 Å². The van der Waals surface area contributed by atoms with Crippen molar-refractivity contribution in [2.75, 3.05) is 0 Å². The van der Waals surface area contributed by atoms with E-state index >= 15 is 0 Å². The van der Waals surface area contributed by atoms with Crippen molar-refractivity contribution in [3.63, 3.8) is 0 Å². The number of primary sulfonamides is 1. The van der Waals surface area contributed by atoms with E-state index in [1.54, 1.807) is 18.2 Å². The predicted molar refractivity (Wildman–Crippen MR) is 84.7 cm³/mol. The molecule has 2 rings (SSSR count). The van der Waals surface area contributed by atoms with Crippen molar-refractivity contribution in [3.05, 3.63) is 50.4 Å². The standard InChI is InChI=1S/C12H8Br2ClNO3S/c13-7-1-3-10(15)12(5-7)19-11-4-2-8(6-9(11)14)20(16,17)18/h1-6H,(H2,16,17,18). The summed E-state index contributed by atoms with van der Waals surface area (Å²) in [6.07, 6.45) is 0. The molecule has 8 heteroatoms. The van der Waals surface area contributed by atoms with Gasteiger partial charge in [0.15, 0.2) is 0 Å². The lowest BCUT2D eigenvalue weighted by molar-refractivity contribution is 0.479. The summed E-state index contributed by atoms with van der Waals surface area (Å²) in [5, 5.41) is 5.50. The van der Waals surface area contributed by atoms with Crippen LogP contribution in [0.4, 0.5) is 0 Å². The predicted octanol–water partition coefficient (Wildman–Crippen LogP) is 4.30. The molecule has 0 bridgehead atoms. The third-order valence-electron chi connectivity index (χ3n) is 2.35. The average Bonchev–Trinajstić information content (AvgIpc) is 2.35. The molecule has 0 amide bonds. The number of halogens is 3. The minimum atomic E-state index is -3.75. The Morgan fingerprint density at radius 1 is 1.05 bits per heavy atom. The fraction of sp³-hybridized carbons (Fsp3) is 0. The zero-order valence-electron chi connectivity index (χ0n) is 9.81. The second-order valence-electron chi connectivity index (χ2n) is 3.81. The van der Waals surface area contributed by atoms with Gasteiger partial charge in [-0.2, -0.15) is 0 Å². The molecule has 0 saturated carbocycles. The van der Waals surface area contributed by atoms with Gasteiger partial charge in [-0.3, -0.25) is 0 Å². The van der Waals surface area contributed by atoms with E-state index in [-0.39, 0.29) is 4.90 Å². The minimum absolute atomic E-state index is 0.00272. The van der Waals surface area contributed by atoms with Gasteiger partial charge in [0.2, 0.25) is 10.0 Å². The van der Waals surface area contributed by atoms with Crippen molar-refractivity contribution in [3.8, 4) is 11.5 Å². The molecule has 2 N–H and O–H groups in total. The first-order valence-corrected chi connectivity index (χ1v) is 8.73. The van der Waals surface area contributed by atoms with Crippen molar-refractivity contribution < 1.29 is 13.2 Å². The number of rotatable bonds is 3. The first kappa shape index (κ1) is 15.8. The number of sulfonamides is 1. The molecule has 0 heterocycles. The molecule has 2 aromatic carbocycles. The summed E-state index contributed by atoms with van der Waals surface area (Å²) in [6.45, 7) is 0. The molecule has 0 aromatic heterocycles. The molecule has 0 fully saturated rings. The lowest BCUT2D eigenvalue weighted by Gasteiger charge is -2.10. The molecule has 0 unspecified atom stereocenters. The largest absolute Gasteiger partial charge is 0.455 e. The van der Waals surface area contributed by atoms with E-state index in [1.807, 2.05) is 0 Å². The van der Waals surface area contributed by atoms with Crippen molar-refractivity contribution in [1.29, 1.82) is 0 Å². The molecule has 0 aliphatic rings. The molecule has 2 aromatic rings. The van der Waals surface area contributed by atoms with Gasteiger partial charge in [0.25, 0.3) is 0 Å². The Hall–Kier alpha value is -0.600. The van der Waals surface area contributed by atoms with Gasteiger partial charge in [-0.25, -0.2) is 13.6 Å². The van der Waals surface area contributed by atoms with Crippen LogP contribution in [-0.4, -0.2) is 8.42 Å². The van der Waals surface area contributed by atoms with E-state index in [1.165, 1.54) is 18.2 Å². The fourth-order valence-electron chi connectivity index (χ4n) is 1.42. The summed E-state index contributed by atoms with van der Waals surface area (Å²) in [6, 6.07) is 9.42. The zero-order valence-corrected chi connectivity index (χ0v) is 14.6. The molecule has 4 nitrogen and oxygen atoms in total. The van der Waals surface area contributed by atoms with Crippen LogP contribution in [0.25, 0.3) is 0 Å². The highest BCUT2D eigenvalue weighted by Crippen LogP contribution is 2.36. The number of hydrogen-bond donors (Lipinski definition) is 1. The summed E-state index contributed by atoms with van der Waals surface area (Å²) < 4.78 is 29.4. The molecule has 0 atom stereocenters. The lowest BCUT2D eigenvalue weighted by atomic mass is 10.3. The maximum absolute atomic E-state index is 11.2. The van der Waals surface area contributed by atoms with E-state index in [0.717, 1.165) is 4.47 Å². The Morgan fingerprint density at radius 3 is 2.35 bits per heavy atom. The van der Waals surface area contributed by atoms with Gasteiger partial charge in [-0.1, -0.05) is 27.5 Å². The molecular weight excluding hydrogens is 433 g/mol. The molecule has 0 spiro atoms. The summed E-state index contributed by atoms with van der Waals surface area (Å²) in [4.78, 5) is -0.00272. The van der Waals surface area contributed by atoms with Crippen molar-refractivity contribution in [2.24, 2.45) is 5.14 Å². The Labute approximate surface area is 138 Å². The van der Waals surface area contributed by atoms with Gasteiger partial charge >= 0.3 is 0 Å². The van der Waals surface area contributed by atoms with Crippen LogP contribution in [0.5, 0.6) is 11.5 Å². The van der Waals surface area contributed by atoms with Crippen LogP contribution in [0.1, 0.15) is 0 Å². The number of benzene rings is 2. The third-order valence-corrected chi connectivity index (χ3v) is 4.68. The maximum atomic E-state index is 11.2. The Balaban J connectivity index is 2.38. The van der Waals surface area contributed by atoms with Gasteiger partial charge in [0.05, 0.1) is 14.4 Å². The number of nitrogens with two attached hydrogens (primary N) is 1.